The van der Waals surface area contributed by atoms with Gasteiger partial charge in [0.2, 0.25) is 11.8 Å². The summed E-state index contributed by atoms with van der Waals surface area (Å²) in [7, 11) is 0. The Kier molecular flexibility index (Phi) is 6.62. The van der Waals surface area contributed by atoms with Gasteiger partial charge in [0.05, 0.1) is 5.41 Å². The zero-order valence-electron chi connectivity index (χ0n) is 13.1. The molecule has 1 aromatic rings. The fourth-order valence-corrected chi connectivity index (χ4v) is 3.19. The third kappa shape index (κ3) is 4.25. The van der Waals surface area contributed by atoms with E-state index in [-0.39, 0.29) is 30.8 Å². The lowest BCUT2D eigenvalue weighted by atomic mass is 9.84. The number of halogens is 2. The van der Waals surface area contributed by atoms with E-state index in [1.54, 1.807) is 6.92 Å². The highest BCUT2D eigenvalue weighted by Gasteiger charge is 2.41. The van der Waals surface area contributed by atoms with Crippen LogP contribution in [0.25, 0.3) is 0 Å². The quantitative estimate of drug-likeness (QED) is 0.701. The molecule has 5 N–H and O–H groups in total. The molecule has 128 valence electrons. The van der Waals surface area contributed by atoms with Crippen LogP contribution in [0.3, 0.4) is 0 Å². The van der Waals surface area contributed by atoms with Gasteiger partial charge in [-0.05, 0) is 37.5 Å². The number of hydrogen-bond acceptors (Lipinski definition) is 3. The number of carbonyl (C=O) groups excluding carboxylic acids is 2. The molecule has 1 unspecified atom stereocenters. The van der Waals surface area contributed by atoms with Gasteiger partial charge in [-0.15, -0.1) is 12.4 Å². The second-order valence-electron chi connectivity index (χ2n) is 6.24. The second kappa shape index (κ2) is 7.64. The summed E-state index contributed by atoms with van der Waals surface area (Å²) in [5.74, 6) is -0.644. The van der Waals surface area contributed by atoms with Crippen LogP contribution in [0.1, 0.15) is 38.2 Å². The van der Waals surface area contributed by atoms with E-state index in [0.29, 0.717) is 5.56 Å². The van der Waals surface area contributed by atoms with Gasteiger partial charge in [0.15, 0.2) is 0 Å². The Morgan fingerprint density at radius 1 is 1.26 bits per heavy atom. The average Bonchev–Trinajstić information content (AvgIpc) is 2.95. The molecule has 0 aromatic heterocycles. The number of hydrogen-bond donors (Lipinski definition) is 3. The molecular weight excluding hydrogens is 382 g/mol. The van der Waals surface area contributed by atoms with E-state index in [1.165, 1.54) is 0 Å². The van der Waals surface area contributed by atoms with Crippen LogP contribution in [0.5, 0.6) is 0 Å². The summed E-state index contributed by atoms with van der Waals surface area (Å²) in [4.78, 5) is 24.2. The first-order valence-corrected chi connectivity index (χ1v) is 8.20. The lowest BCUT2D eigenvalue weighted by Crippen LogP contribution is -2.53. The monoisotopic (exact) mass is 403 g/mol. The minimum Gasteiger partial charge on any atom is -0.369 e. The molecule has 0 heterocycles. The molecule has 2 rings (SSSR count). The highest BCUT2D eigenvalue weighted by atomic mass is 79.9. The third-order valence-electron chi connectivity index (χ3n) is 4.59. The van der Waals surface area contributed by atoms with Gasteiger partial charge in [-0.1, -0.05) is 40.9 Å². The second-order valence-corrected chi connectivity index (χ2v) is 7.16. The van der Waals surface area contributed by atoms with Crippen LogP contribution in [0.2, 0.25) is 0 Å². The minimum absolute atomic E-state index is 0. The lowest BCUT2D eigenvalue weighted by Gasteiger charge is -2.29. The molecule has 2 amide bonds. The van der Waals surface area contributed by atoms with Crippen molar-refractivity contribution in [2.24, 2.45) is 16.9 Å². The van der Waals surface area contributed by atoms with E-state index < -0.39 is 11.0 Å². The van der Waals surface area contributed by atoms with Gasteiger partial charge in [0.1, 0.15) is 5.54 Å². The van der Waals surface area contributed by atoms with Crippen molar-refractivity contribution in [3.63, 3.8) is 0 Å². The van der Waals surface area contributed by atoms with Gasteiger partial charge in [0.25, 0.3) is 0 Å². The summed E-state index contributed by atoms with van der Waals surface area (Å²) >= 11 is 3.35. The molecule has 1 aromatic carbocycles. The van der Waals surface area contributed by atoms with Crippen molar-refractivity contribution in [2.45, 2.75) is 38.1 Å². The van der Waals surface area contributed by atoms with Crippen LogP contribution in [0, 0.1) is 5.41 Å². The van der Waals surface area contributed by atoms with E-state index in [0.717, 1.165) is 30.2 Å². The van der Waals surface area contributed by atoms with Gasteiger partial charge in [-0.2, -0.15) is 0 Å². The molecule has 0 aliphatic heterocycles. The summed E-state index contributed by atoms with van der Waals surface area (Å²) in [5, 5.41) is 2.82. The van der Waals surface area contributed by atoms with Crippen molar-refractivity contribution >= 4 is 40.2 Å². The van der Waals surface area contributed by atoms with E-state index in [1.807, 2.05) is 24.3 Å². The van der Waals surface area contributed by atoms with Crippen LogP contribution in [-0.4, -0.2) is 18.4 Å². The van der Waals surface area contributed by atoms with Crippen LogP contribution < -0.4 is 16.8 Å². The number of carbonyl (C=O) groups is 2. The first kappa shape index (κ1) is 19.9. The molecule has 1 aliphatic rings. The van der Waals surface area contributed by atoms with Gasteiger partial charge < -0.3 is 16.8 Å². The van der Waals surface area contributed by atoms with Gasteiger partial charge >= 0.3 is 0 Å². The predicted octanol–water partition coefficient (Wildman–Crippen LogP) is 2.21. The van der Waals surface area contributed by atoms with Crippen molar-refractivity contribution in [1.29, 1.82) is 0 Å². The SMILES string of the molecule is CC(N)(C(=O)NCC1(C(N)=O)CCCC1)c1ccc(Br)cc1.Cl. The Morgan fingerprint density at radius 2 is 1.78 bits per heavy atom. The van der Waals surface area contributed by atoms with Gasteiger partial charge in [0, 0.05) is 11.0 Å². The smallest absolute Gasteiger partial charge is 0.244 e. The van der Waals surface area contributed by atoms with Crippen molar-refractivity contribution in [3.8, 4) is 0 Å². The van der Waals surface area contributed by atoms with E-state index in [2.05, 4.69) is 21.2 Å². The summed E-state index contributed by atoms with van der Waals surface area (Å²) in [6.07, 6.45) is 3.38. The fourth-order valence-electron chi connectivity index (χ4n) is 2.92. The first-order chi connectivity index (χ1) is 10.3. The minimum atomic E-state index is -1.15. The Labute approximate surface area is 151 Å². The van der Waals surface area contributed by atoms with Crippen LogP contribution >= 0.6 is 28.3 Å². The highest BCUT2D eigenvalue weighted by Crippen LogP contribution is 2.37. The highest BCUT2D eigenvalue weighted by molar-refractivity contribution is 9.10. The van der Waals surface area contributed by atoms with Crippen LogP contribution in [0.15, 0.2) is 28.7 Å². The maximum Gasteiger partial charge on any atom is 0.244 e. The molecule has 1 saturated carbocycles. The molecule has 7 heteroatoms. The normalized spacial score (nSPS) is 18.6. The number of nitrogens with one attached hydrogen (secondary N) is 1. The Hall–Kier alpha value is -1.11. The maximum absolute atomic E-state index is 12.5. The molecule has 0 spiro atoms. The van der Waals surface area contributed by atoms with Gasteiger partial charge in [-0.3, -0.25) is 9.59 Å². The molecule has 1 fully saturated rings. The summed E-state index contributed by atoms with van der Waals surface area (Å²) in [6, 6.07) is 7.30. The average molecular weight is 405 g/mol. The topological polar surface area (TPSA) is 98.2 Å². The van der Waals surface area contributed by atoms with E-state index in [4.69, 9.17) is 11.5 Å². The lowest BCUT2D eigenvalue weighted by molar-refractivity contribution is -0.130. The van der Waals surface area contributed by atoms with E-state index in [9.17, 15) is 9.59 Å². The molecular formula is C16H23BrClN3O2. The Bertz CT molecular complexity index is 569. The summed E-state index contributed by atoms with van der Waals surface area (Å²) in [6.45, 7) is 1.92. The zero-order valence-corrected chi connectivity index (χ0v) is 15.5. The molecule has 1 atom stereocenters. The first-order valence-electron chi connectivity index (χ1n) is 7.41. The summed E-state index contributed by atoms with van der Waals surface area (Å²) < 4.78 is 0.922. The van der Waals surface area contributed by atoms with Crippen molar-refractivity contribution < 1.29 is 9.59 Å². The number of nitrogens with two attached hydrogens (primary N) is 2. The fraction of sp³-hybridized carbons (Fsp3) is 0.500. The number of benzene rings is 1. The molecule has 1 aliphatic carbocycles. The molecule has 5 nitrogen and oxygen atoms in total. The predicted molar refractivity (Wildman–Crippen MR) is 96.0 cm³/mol. The summed E-state index contributed by atoms with van der Waals surface area (Å²) in [5.41, 5.74) is 10.7. The van der Waals surface area contributed by atoms with Crippen molar-refractivity contribution in [1.82, 2.24) is 5.32 Å². The Morgan fingerprint density at radius 3 is 2.26 bits per heavy atom. The maximum atomic E-state index is 12.5. The molecule has 0 saturated heterocycles. The van der Waals surface area contributed by atoms with Crippen molar-refractivity contribution in [2.75, 3.05) is 6.54 Å². The number of primary amides is 1. The third-order valence-corrected chi connectivity index (χ3v) is 5.11. The van der Waals surface area contributed by atoms with Crippen molar-refractivity contribution in [3.05, 3.63) is 34.3 Å². The number of amides is 2. The van der Waals surface area contributed by atoms with Crippen LogP contribution in [-0.2, 0) is 15.1 Å². The van der Waals surface area contributed by atoms with E-state index >= 15 is 0 Å². The Balaban J connectivity index is 0.00000264. The standard InChI is InChI=1S/C16H22BrN3O2.ClH/c1-15(19,11-4-6-12(17)7-5-11)14(22)20-10-16(13(18)21)8-2-3-9-16;/h4-7H,2-3,8-10,19H2,1H3,(H2,18,21)(H,20,22);1H. The zero-order chi connectivity index (χ0) is 16.4. The van der Waals surface area contributed by atoms with Gasteiger partial charge in [-0.25, -0.2) is 0 Å². The molecule has 23 heavy (non-hydrogen) atoms. The molecule has 0 radical (unpaired) electrons. The number of rotatable bonds is 5. The van der Waals surface area contributed by atoms with Crippen LogP contribution in [0.4, 0.5) is 0 Å². The molecule has 0 bridgehead atoms. The largest absolute Gasteiger partial charge is 0.369 e.